The summed E-state index contributed by atoms with van der Waals surface area (Å²) in [5.41, 5.74) is 4.99. The average molecular weight is 149 g/mol. The van der Waals surface area contributed by atoms with Crippen LogP contribution in [0.4, 0.5) is 0 Å². The molecule has 1 heteroatoms. The third kappa shape index (κ3) is 0.907. The van der Waals surface area contributed by atoms with Crippen LogP contribution < -0.4 is 0 Å². The lowest BCUT2D eigenvalue weighted by Gasteiger charge is -2.20. The fourth-order valence-corrected chi connectivity index (χ4v) is 2.00. The van der Waals surface area contributed by atoms with E-state index in [0.29, 0.717) is 5.41 Å². The molecule has 11 heavy (non-hydrogen) atoms. The highest BCUT2D eigenvalue weighted by atomic mass is 15.0. The minimum absolute atomic E-state index is 0.318. The molecule has 60 valence electrons. The summed E-state index contributed by atoms with van der Waals surface area (Å²) in [7, 11) is 2.15. The molecule has 0 saturated heterocycles. The van der Waals surface area contributed by atoms with Crippen molar-refractivity contribution < 1.29 is 0 Å². The van der Waals surface area contributed by atoms with Crippen LogP contribution in [-0.4, -0.2) is 4.57 Å². The van der Waals surface area contributed by atoms with E-state index < -0.39 is 0 Å². The Morgan fingerprint density at radius 2 is 2.00 bits per heavy atom. The van der Waals surface area contributed by atoms with Gasteiger partial charge in [0.05, 0.1) is 0 Å². The van der Waals surface area contributed by atoms with Gasteiger partial charge in [-0.3, -0.25) is 0 Å². The zero-order valence-corrected chi connectivity index (χ0v) is 7.73. The first-order valence-electron chi connectivity index (χ1n) is 4.17. The maximum Gasteiger partial charge on any atom is 0.0264 e. The number of hydrogen-bond acceptors (Lipinski definition) is 0. The summed E-state index contributed by atoms with van der Waals surface area (Å²) in [6, 6.07) is 0. The molecule has 0 atom stereocenters. The minimum atomic E-state index is 0.318. The third-order valence-electron chi connectivity index (χ3n) is 2.33. The molecule has 0 radical (unpaired) electrons. The van der Waals surface area contributed by atoms with Crippen LogP contribution in [0.1, 0.15) is 37.6 Å². The Morgan fingerprint density at radius 1 is 1.36 bits per heavy atom. The highest BCUT2D eigenvalue weighted by Gasteiger charge is 2.31. The van der Waals surface area contributed by atoms with Gasteiger partial charge in [-0.25, -0.2) is 0 Å². The number of aromatic nitrogens is 1. The summed E-state index contributed by atoms with van der Waals surface area (Å²) >= 11 is 0. The molecule has 1 aromatic heterocycles. The normalized spacial score (nSPS) is 14.9. The van der Waals surface area contributed by atoms with Crippen LogP contribution >= 0.6 is 0 Å². The van der Waals surface area contributed by atoms with Crippen LogP contribution in [0.25, 0.3) is 0 Å². The lowest BCUT2D eigenvalue weighted by atomic mass is 9.91. The molecular formula is C10H15N. The van der Waals surface area contributed by atoms with Gasteiger partial charge in [0.2, 0.25) is 0 Å². The van der Waals surface area contributed by atoms with Crippen molar-refractivity contribution in [2.75, 3.05) is 0 Å². The van der Waals surface area contributed by atoms with E-state index in [-0.39, 0.29) is 0 Å². The van der Waals surface area contributed by atoms with Crippen molar-refractivity contribution in [3.05, 3.63) is 23.0 Å². The average Bonchev–Trinajstić information content (AvgIpc) is 2.38. The molecule has 0 N–H and O–H groups in total. The summed E-state index contributed by atoms with van der Waals surface area (Å²) < 4.78 is 2.27. The highest BCUT2D eigenvalue weighted by Crippen LogP contribution is 2.39. The van der Waals surface area contributed by atoms with E-state index in [4.69, 9.17) is 0 Å². The molecule has 0 unspecified atom stereocenters. The molecule has 0 amide bonds. The minimum Gasteiger partial charge on any atom is -0.353 e. The topological polar surface area (TPSA) is 4.93 Å². The van der Waals surface area contributed by atoms with Crippen LogP contribution in [-0.2, 0) is 18.9 Å². The standard InChI is InChI=1S/C10H15N/c1-10(2,3)9-8-5-7(8)6-11(9)4/h6H,5H2,1-4H3. The Balaban J connectivity index is 2.54. The zero-order chi connectivity index (χ0) is 8.22. The largest absolute Gasteiger partial charge is 0.353 e. The molecular weight excluding hydrogens is 134 g/mol. The third-order valence-corrected chi connectivity index (χ3v) is 2.33. The smallest absolute Gasteiger partial charge is 0.0264 e. The lowest BCUT2D eigenvalue weighted by Crippen LogP contribution is -2.16. The molecule has 1 aliphatic carbocycles. The van der Waals surface area contributed by atoms with Crippen molar-refractivity contribution in [1.29, 1.82) is 0 Å². The summed E-state index contributed by atoms with van der Waals surface area (Å²) in [6.45, 7) is 6.84. The Kier molecular flexibility index (Phi) is 1.08. The van der Waals surface area contributed by atoms with Gasteiger partial charge in [0.25, 0.3) is 0 Å². The molecule has 0 aliphatic heterocycles. The van der Waals surface area contributed by atoms with Crippen molar-refractivity contribution in [2.45, 2.75) is 32.6 Å². The summed E-state index contributed by atoms with van der Waals surface area (Å²) in [5.74, 6) is 0. The van der Waals surface area contributed by atoms with E-state index >= 15 is 0 Å². The predicted octanol–water partition coefficient (Wildman–Crippen LogP) is 2.23. The van der Waals surface area contributed by atoms with Gasteiger partial charge in [-0.1, -0.05) is 20.8 Å². The van der Waals surface area contributed by atoms with Crippen molar-refractivity contribution in [3.8, 4) is 0 Å². The van der Waals surface area contributed by atoms with Crippen LogP contribution in [0, 0.1) is 0 Å². The van der Waals surface area contributed by atoms with E-state index in [0.717, 1.165) is 0 Å². The van der Waals surface area contributed by atoms with Gasteiger partial charge >= 0.3 is 0 Å². The number of nitrogens with zero attached hydrogens (tertiary/aromatic N) is 1. The number of hydrogen-bond donors (Lipinski definition) is 0. The van der Waals surface area contributed by atoms with Gasteiger partial charge in [-0.15, -0.1) is 0 Å². The molecule has 0 spiro atoms. The molecule has 0 bridgehead atoms. The zero-order valence-electron chi connectivity index (χ0n) is 7.73. The number of rotatable bonds is 0. The van der Waals surface area contributed by atoms with Gasteiger partial charge in [0, 0.05) is 30.8 Å². The SMILES string of the molecule is Cn1cc2c(c1C(C)(C)C)C2. The first kappa shape index (κ1) is 6.96. The molecule has 0 aromatic carbocycles. The molecule has 0 saturated carbocycles. The Bertz CT molecular complexity index is 296. The van der Waals surface area contributed by atoms with Crippen molar-refractivity contribution in [2.24, 2.45) is 7.05 Å². The first-order valence-corrected chi connectivity index (χ1v) is 4.17. The Labute approximate surface area is 68.0 Å². The quantitative estimate of drug-likeness (QED) is 0.541. The maximum absolute atomic E-state index is 2.28. The number of aryl methyl sites for hydroxylation is 1. The van der Waals surface area contributed by atoms with Gasteiger partial charge in [-0.2, -0.15) is 0 Å². The second-order valence-corrected chi connectivity index (χ2v) is 4.52. The van der Waals surface area contributed by atoms with Crippen molar-refractivity contribution in [3.63, 3.8) is 0 Å². The van der Waals surface area contributed by atoms with Gasteiger partial charge in [-0.05, 0) is 11.1 Å². The summed E-state index contributed by atoms with van der Waals surface area (Å²) in [5, 5.41) is 0. The molecule has 1 nitrogen and oxygen atoms in total. The molecule has 1 heterocycles. The molecule has 0 fully saturated rings. The van der Waals surface area contributed by atoms with E-state index in [1.165, 1.54) is 12.1 Å². The lowest BCUT2D eigenvalue weighted by molar-refractivity contribution is 0.539. The Morgan fingerprint density at radius 3 is 2.27 bits per heavy atom. The van der Waals surface area contributed by atoms with Crippen molar-refractivity contribution in [1.82, 2.24) is 4.57 Å². The second-order valence-electron chi connectivity index (χ2n) is 4.52. The van der Waals surface area contributed by atoms with Gasteiger partial charge in [0.15, 0.2) is 0 Å². The second kappa shape index (κ2) is 1.71. The van der Waals surface area contributed by atoms with Crippen LogP contribution in [0.3, 0.4) is 0 Å². The number of fused-ring (bicyclic) bond motifs is 1. The first-order chi connectivity index (χ1) is 5.00. The van der Waals surface area contributed by atoms with Crippen LogP contribution in [0.15, 0.2) is 6.20 Å². The predicted molar refractivity (Wildman–Crippen MR) is 46.9 cm³/mol. The van der Waals surface area contributed by atoms with Gasteiger partial charge < -0.3 is 4.57 Å². The van der Waals surface area contributed by atoms with Crippen molar-refractivity contribution >= 4 is 0 Å². The van der Waals surface area contributed by atoms with E-state index in [2.05, 4.69) is 38.6 Å². The van der Waals surface area contributed by atoms with Crippen LogP contribution in [0.5, 0.6) is 0 Å². The monoisotopic (exact) mass is 149 g/mol. The summed E-state index contributed by atoms with van der Waals surface area (Å²) in [4.78, 5) is 0. The maximum atomic E-state index is 2.28. The van der Waals surface area contributed by atoms with Crippen LogP contribution in [0.2, 0.25) is 0 Å². The van der Waals surface area contributed by atoms with E-state index in [1.807, 2.05) is 0 Å². The highest BCUT2D eigenvalue weighted by molar-refractivity contribution is 5.51. The summed E-state index contributed by atoms with van der Waals surface area (Å²) in [6.07, 6.45) is 3.51. The molecule has 2 rings (SSSR count). The molecule has 1 aromatic rings. The fourth-order valence-electron chi connectivity index (χ4n) is 2.00. The van der Waals surface area contributed by atoms with E-state index in [9.17, 15) is 0 Å². The fraction of sp³-hybridized carbons (Fsp3) is 0.600. The van der Waals surface area contributed by atoms with Gasteiger partial charge in [0.1, 0.15) is 0 Å². The van der Waals surface area contributed by atoms with E-state index in [1.54, 1.807) is 11.1 Å². The molecule has 1 aliphatic rings. The Hall–Kier alpha value is -0.720.